The molecule has 0 atom stereocenters. The number of benzene rings is 1. The number of amides is 1. The monoisotopic (exact) mass is 310 g/mol. The van der Waals surface area contributed by atoms with Crippen molar-refractivity contribution in [3.05, 3.63) is 30.1 Å². The van der Waals surface area contributed by atoms with Crippen LogP contribution < -0.4 is 16.0 Å². The number of rotatable bonds is 8. The first-order valence-electron chi connectivity index (χ1n) is 7.22. The van der Waals surface area contributed by atoms with E-state index >= 15 is 0 Å². The zero-order valence-electron chi connectivity index (χ0n) is 13.0. The molecule has 22 heavy (non-hydrogen) atoms. The highest BCUT2D eigenvalue weighted by Crippen LogP contribution is 2.08. The van der Waals surface area contributed by atoms with Crippen molar-refractivity contribution in [2.24, 2.45) is 4.99 Å². The molecular formula is C15H23FN4O2. The van der Waals surface area contributed by atoms with Crippen LogP contribution in [0.3, 0.4) is 0 Å². The van der Waals surface area contributed by atoms with E-state index in [1.165, 1.54) is 18.2 Å². The van der Waals surface area contributed by atoms with Crippen LogP contribution in [0.4, 0.5) is 10.1 Å². The molecule has 1 rings (SSSR count). The van der Waals surface area contributed by atoms with Crippen molar-refractivity contribution in [1.82, 2.24) is 10.6 Å². The molecule has 0 aliphatic carbocycles. The number of nitrogens with one attached hydrogen (secondary N) is 3. The zero-order valence-corrected chi connectivity index (χ0v) is 13.0. The third-order valence-electron chi connectivity index (χ3n) is 2.65. The maximum atomic E-state index is 13.0. The number of nitrogens with zero attached hydrogens (tertiary/aromatic N) is 1. The van der Waals surface area contributed by atoms with Gasteiger partial charge in [-0.25, -0.2) is 9.38 Å². The van der Waals surface area contributed by atoms with Gasteiger partial charge in [0.15, 0.2) is 5.96 Å². The fraction of sp³-hybridized carbons (Fsp3) is 0.467. The van der Waals surface area contributed by atoms with Gasteiger partial charge in [0.2, 0.25) is 5.91 Å². The van der Waals surface area contributed by atoms with Crippen LogP contribution in [0, 0.1) is 5.82 Å². The predicted molar refractivity (Wildman–Crippen MR) is 85.5 cm³/mol. The van der Waals surface area contributed by atoms with Gasteiger partial charge in [0.25, 0.3) is 0 Å². The molecule has 0 fully saturated rings. The number of anilines is 1. The lowest BCUT2D eigenvalue weighted by atomic mass is 10.3. The number of guanidine groups is 1. The maximum Gasteiger partial charge on any atom is 0.246 e. The molecule has 122 valence electrons. The fourth-order valence-corrected chi connectivity index (χ4v) is 1.68. The molecule has 1 amide bonds. The minimum atomic E-state index is -0.394. The predicted octanol–water partition coefficient (Wildman–Crippen LogP) is 1.36. The highest BCUT2D eigenvalue weighted by molar-refractivity contribution is 5.94. The van der Waals surface area contributed by atoms with E-state index in [9.17, 15) is 9.18 Å². The standard InChI is InChI=1S/C15H23FN4O2/c1-3-17-15(18-8-5-9-22-2)19-11-14(21)20-13-7-4-6-12(16)10-13/h4,6-7,10H,3,5,8-9,11H2,1-2H3,(H,20,21)(H2,17,18,19). The minimum Gasteiger partial charge on any atom is -0.385 e. The Labute approximate surface area is 130 Å². The first-order chi connectivity index (χ1) is 10.7. The molecular weight excluding hydrogens is 287 g/mol. The van der Waals surface area contributed by atoms with Gasteiger partial charge in [-0.05, 0) is 31.5 Å². The molecule has 0 heterocycles. The van der Waals surface area contributed by atoms with Crippen LogP contribution in [0.25, 0.3) is 0 Å². The van der Waals surface area contributed by atoms with E-state index < -0.39 is 5.82 Å². The molecule has 6 nitrogen and oxygen atoms in total. The molecule has 0 bridgehead atoms. The van der Waals surface area contributed by atoms with Gasteiger partial charge in [-0.1, -0.05) is 6.07 Å². The summed E-state index contributed by atoms with van der Waals surface area (Å²) >= 11 is 0. The summed E-state index contributed by atoms with van der Waals surface area (Å²) in [5.74, 6) is -0.137. The fourth-order valence-electron chi connectivity index (χ4n) is 1.68. The molecule has 0 spiro atoms. The summed E-state index contributed by atoms with van der Waals surface area (Å²) in [6.45, 7) is 3.95. The maximum absolute atomic E-state index is 13.0. The molecule has 1 aromatic carbocycles. The molecule has 0 aromatic heterocycles. The van der Waals surface area contributed by atoms with Crippen molar-refractivity contribution in [2.45, 2.75) is 13.3 Å². The van der Waals surface area contributed by atoms with Crippen LogP contribution in [-0.2, 0) is 9.53 Å². The number of methoxy groups -OCH3 is 1. The number of carbonyl (C=O) groups excluding carboxylic acids is 1. The number of aliphatic imine (C=N–C) groups is 1. The summed E-state index contributed by atoms with van der Waals surface area (Å²) in [6.07, 6.45) is 0.844. The summed E-state index contributed by atoms with van der Waals surface area (Å²) in [4.78, 5) is 16.0. The Morgan fingerprint density at radius 1 is 1.36 bits per heavy atom. The second-order valence-corrected chi connectivity index (χ2v) is 4.53. The average Bonchev–Trinajstić information content (AvgIpc) is 2.49. The molecule has 0 radical (unpaired) electrons. The van der Waals surface area contributed by atoms with Gasteiger partial charge in [-0.3, -0.25) is 4.79 Å². The van der Waals surface area contributed by atoms with Crippen LogP contribution in [0.1, 0.15) is 13.3 Å². The van der Waals surface area contributed by atoms with Gasteiger partial charge in [-0.2, -0.15) is 0 Å². The molecule has 0 aliphatic heterocycles. The van der Waals surface area contributed by atoms with E-state index in [1.807, 2.05) is 6.92 Å². The van der Waals surface area contributed by atoms with Gasteiger partial charge >= 0.3 is 0 Å². The lowest BCUT2D eigenvalue weighted by Crippen LogP contribution is -2.38. The Kier molecular flexibility index (Phi) is 8.59. The smallest absolute Gasteiger partial charge is 0.246 e. The van der Waals surface area contributed by atoms with E-state index in [-0.39, 0.29) is 12.5 Å². The van der Waals surface area contributed by atoms with Crippen LogP contribution >= 0.6 is 0 Å². The van der Waals surface area contributed by atoms with E-state index in [4.69, 9.17) is 4.74 Å². The lowest BCUT2D eigenvalue weighted by Gasteiger charge is -2.11. The first-order valence-corrected chi connectivity index (χ1v) is 7.22. The number of halogens is 1. The van der Waals surface area contributed by atoms with Crippen LogP contribution in [0.2, 0.25) is 0 Å². The van der Waals surface area contributed by atoms with Crippen molar-refractivity contribution in [1.29, 1.82) is 0 Å². The zero-order chi connectivity index (χ0) is 16.2. The van der Waals surface area contributed by atoms with Crippen molar-refractivity contribution < 1.29 is 13.9 Å². The van der Waals surface area contributed by atoms with E-state index in [1.54, 1.807) is 13.2 Å². The van der Waals surface area contributed by atoms with E-state index in [0.29, 0.717) is 31.3 Å². The van der Waals surface area contributed by atoms with Crippen molar-refractivity contribution in [3.8, 4) is 0 Å². The highest BCUT2D eigenvalue weighted by Gasteiger charge is 2.03. The van der Waals surface area contributed by atoms with Gasteiger partial charge < -0.3 is 20.7 Å². The second kappa shape index (κ2) is 10.6. The van der Waals surface area contributed by atoms with Crippen molar-refractivity contribution in [3.63, 3.8) is 0 Å². The minimum absolute atomic E-state index is 0.0455. The third-order valence-corrected chi connectivity index (χ3v) is 2.65. The number of hydrogen-bond donors (Lipinski definition) is 3. The Morgan fingerprint density at radius 2 is 2.18 bits per heavy atom. The summed E-state index contributed by atoms with van der Waals surface area (Å²) in [6, 6.07) is 5.74. The van der Waals surface area contributed by atoms with E-state index in [0.717, 1.165) is 6.42 Å². The summed E-state index contributed by atoms with van der Waals surface area (Å²) in [7, 11) is 1.65. The first kappa shape index (κ1) is 17.9. The molecule has 1 aromatic rings. The lowest BCUT2D eigenvalue weighted by molar-refractivity contribution is -0.114. The van der Waals surface area contributed by atoms with Crippen LogP contribution in [0.15, 0.2) is 29.3 Å². The normalized spacial score (nSPS) is 11.1. The molecule has 7 heteroatoms. The van der Waals surface area contributed by atoms with Gasteiger partial charge in [0, 0.05) is 32.5 Å². The summed E-state index contributed by atoms with van der Waals surface area (Å²) in [5, 5.41) is 8.74. The molecule has 3 N–H and O–H groups in total. The largest absolute Gasteiger partial charge is 0.385 e. The van der Waals surface area contributed by atoms with Crippen LogP contribution in [0.5, 0.6) is 0 Å². The summed E-state index contributed by atoms with van der Waals surface area (Å²) < 4.78 is 18.0. The number of ether oxygens (including phenoxy) is 1. The molecule has 0 saturated heterocycles. The Bertz CT molecular complexity index is 494. The topological polar surface area (TPSA) is 74.8 Å². The molecule has 0 saturated carbocycles. The quantitative estimate of drug-likeness (QED) is 0.385. The number of carbonyl (C=O) groups is 1. The Balaban J connectivity index is 2.45. The second-order valence-electron chi connectivity index (χ2n) is 4.53. The molecule has 0 unspecified atom stereocenters. The van der Waals surface area contributed by atoms with Gasteiger partial charge in [0.1, 0.15) is 12.4 Å². The Morgan fingerprint density at radius 3 is 2.86 bits per heavy atom. The average molecular weight is 310 g/mol. The van der Waals surface area contributed by atoms with Crippen molar-refractivity contribution in [2.75, 3.05) is 38.7 Å². The van der Waals surface area contributed by atoms with Gasteiger partial charge in [-0.15, -0.1) is 0 Å². The van der Waals surface area contributed by atoms with E-state index in [2.05, 4.69) is 20.9 Å². The third kappa shape index (κ3) is 7.58. The van der Waals surface area contributed by atoms with Crippen LogP contribution in [-0.4, -0.2) is 45.2 Å². The van der Waals surface area contributed by atoms with Crippen molar-refractivity contribution >= 4 is 17.6 Å². The SMILES string of the molecule is CCNC(=NCC(=O)Nc1cccc(F)c1)NCCCOC. The summed E-state index contributed by atoms with van der Waals surface area (Å²) in [5.41, 5.74) is 0.415. The highest BCUT2D eigenvalue weighted by atomic mass is 19.1. The Hall–Kier alpha value is -2.15. The number of hydrogen-bond acceptors (Lipinski definition) is 3. The van der Waals surface area contributed by atoms with Gasteiger partial charge in [0.05, 0.1) is 0 Å². The molecule has 0 aliphatic rings.